The highest BCUT2D eigenvalue weighted by Gasteiger charge is 2.55. The van der Waals surface area contributed by atoms with E-state index < -0.39 is 0 Å². The maximum atomic E-state index is 6.19. The highest BCUT2D eigenvalue weighted by atomic mass is 16.7. The van der Waals surface area contributed by atoms with Crippen LogP contribution in [0.3, 0.4) is 0 Å². The molecule has 1 aromatic rings. The second-order valence-electron chi connectivity index (χ2n) is 9.06. The highest BCUT2D eigenvalue weighted by molar-refractivity contribution is 5.32. The molecule has 0 bridgehead atoms. The Balaban J connectivity index is 1.96. The first-order valence-electron chi connectivity index (χ1n) is 9.16. The van der Waals surface area contributed by atoms with Gasteiger partial charge in [0.15, 0.2) is 0 Å². The average Bonchev–Trinajstić information content (AvgIpc) is 2.68. The zero-order valence-electron chi connectivity index (χ0n) is 15.9. The summed E-state index contributed by atoms with van der Waals surface area (Å²) in [6, 6.07) is 9.85. The Hall–Kier alpha value is -0.860. The second-order valence-corrected chi connectivity index (χ2v) is 9.06. The summed E-state index contributed by atoms with van der Waals surface area (Å²) in [5, 5.41) is 2.14. The molecule has 1 saturated carbocycles. The molecular formula is C21H33NO. The molecule has 0 N–H and O–H groups in total. The van der Waals surface area contributed by atoms with Gasteiger partial charge >= 0.3 is 0 Å². The van der Waals surface area contributed by atoms with Gasteiger partial charge in [-0.15, -0.1) is 0 Å². The number of hydroxylamine groups is 2. The predicted octanol–water partition coefficient (Wildman–Crippen LogP) is 5.14. The van der Waals surface area contributed by atoms with E-state index in [4.69, 9.17) is 4.84 Å². The van der Waals surface area contributed by atoms with Crippen LogP contribution in [0.25, 0.3) is 0 Å². The van der Waals surface area contributed by atoms with Crippen LogP contribution in [-0.2, 0) is 10.3 Å². The Morgan fingerprint density at radius 1 is 1.17 bits per heavy atom. The lowest BCUT2D eigenvalue weighted by Gasteiger charge is -2.46. The molecule has 4 atom stereocenters. The van der Waals surface area contributed by atoms with Crippen LogP contribution in [0.5, 0.6) is 0 Å². The molecule has 1 aliphatic heterocycles. The van der Waals surface area contributed by atoms with Crippen LogP contribution >= 0.6 is 0 Å². The van der Waals surface area contributed by atoms with Crippen LogP contribution in [0, 0.1) is 11.8 Å². The Labute approximate surface area is 142 Å². The molecule has 1 saturated heterocycles. The van der Waals surface area contributed by atoms with Gasteiger partial charge in [-0.25, -0.2) is 0 Å². The third kappa shape index (κ3) is 2.85. The van der Waals surface area contributed by atoms with E-state index in [0.29, 0.717) is 23.8 Å². The zero-order chi connectivity index (χ0) is 17.0. The largest absolute Gasteiger partial charge is 0.293 e. The van der Waals surface area contributed by atoms with Gasteiger partial charge in [-0.2, -0.15) is 5.06 Å². The average molecular weight is 316 g/mol. The molecule has 0 unspecified atom stereocenters. The molecule has 2 nitrogen and oxygen atoms in total. The van der Waals surface area contributed by atoms with Crippen molar-refractivity contribution in [3.8, 4) is 0 Å². The van der Waals surface area contributed by atoms with Crippen molar-refractivity contribution in [2.75, 3.05) is 7.05 Å². The Morgan fingerprint density at radius 2 is 1.87 bits per heavy atom. The molecule has 3 rings (SSSR count). The summed E-state index contributed by atoms with van der Waals surface area (Å²) in [5.74, 6) is 1.82. The topological polar surface area (TPSA) is 12.5 Å². The molecule has 2 fully saturated rings. The van der Waals surface area contributed by atoms with Crippen molar-refractivity contribution in [3.63, 3.8) is 0 Å². The molecular weight excluding hydrogens is 282 g/mol. The maximum Gasteiger partial charge on any atom is 0.0887 e. The summed E-state index contributed by atoms with van der Waals surface area (Å²) in [6.45, 7) is 14.0. The summed E-state index contributed by atoms with van der Waals surface area (Å²) >= 11 is 0. The van der Waals surface area contributed by atoms with Crippen molar-refractivity contribution < 1.29 is 4.84 Å². The Bertz CT molecular complexity index is 579. The number of nitrogens with zero attached hydrogens (tertiary/aromatic N) is 1. The molecule has 2 heteroatoms. The van der Waals surface area contributed by atoms with Gasteiger partial charge in [-0.1, -0.05) is 52.0 Å². The summed E-state index contributed by atoms with van der Waals surface area (Å²) in [6.07, 6.45) is 2.44. The molecule has 23 heavy (non-hydrogen) atoms. The SMILES string of the molecule is CC(C)c1cccc([C@@]2(C)C[C@@H]3[C@@H]([C@@H](C)C2)N(C)OC3(C)C)c1. The number of rotatable bonds is 2. The van der Waals surface area contributed by atoms with Crippen LogP contribution in [0.1, 0.15) is 71.4 Å². The highest BCUT2D eigenvalue weighted by Crippen LogP contribution is 2.53. The summed E-state index contributed by atoms with van der Waals surface area (Å²) in [4.78, 5) is 6.19. The summed E-state index contributed by atoms with van der Waals surface area (Å²) in [7, 11) is 2.12. The Kier molecular flexibility index (Phi) is 4.13. The second kappa shape index (κ2) is 5.60. The summed E-state index contributed by atoms with van der Waals surface area (Å²) in [5.41, 5.74) is 3.15. The van der Waals surface area contributed by atoms with Crippen molar-refractivity contribution in [2.24, 2.45) is 11.8 Å². The maximum absolute atomic E-state index is 6.19. The first-order chi connectivity index (χ1) is 10.6. The number of benzene rings is 1. The van der Waals surface area contributed by atoms with Crippen molar-refractivity contribution in [2.45, 2.75) is 77.4 Å². The van der Waals surface area contributed by atoms with E-state index in [1.807, 2.05) is 0 Å². The lowest BCUT2D eigenvalue weighted by molar-refractivity contribution is -0.182. The van der Waals surface area contributed by atoms with Crippen molar-refractivity contribution in [1.29, 1.82) is 0 Å². The number of hydrogen-bond donors (Lipinski definition) is 0. The molecule has 0 amide bonds. The van der Waals surface area contributed by atoms with Gasteiger partial charge in [0.25, 0.3) is 0 Å². The van der Waals surface area contributed by atoms with Gasteiger partial charge in [-0.05, 0) is 55.1 Å². The third-order valence-electron chi connectivity index (χ3n) is 6.38. The summed E-state index contributed by atoms with van der Waals surface area (Å²) < 4.78 is 0. The van der Waals surface area contributed by atoms with Gasteiger partial charge in [0, 0.05) is 19.0 Å². The number of hydrogen-bond acceptors (Lipinski definition) is 2. The van der Waals surface area contributed by atoms with Crippen molar-refractivity contribution >= 4 is 0 Å². The van der Waals surface area contributed by atoms with Gasteiger partial charge in [-0.3, -0.25) is 4.84 Å². The van der Waals surface area contributed by atoms with E-state index in [1.165, 1.54) is 24.0 Å². The quantitative estimate of drug-likeness (QED) is 0.749. The van der Waals surface area contributed by atoms with Crippen LogP contribution in [0.15, 0.2) is 24.3 Å². The van der Waals surface area contributed by atoms with Crippen LogP contribution in [0.4, 0.5) is 0 Å². The fourth-order valence-electron chi connectivity index (χ4n) is 5.19. The fraction of sp³-hybridized carbons (Fsp3) is 0.714. The molecule has 0 aromatic heterocycles. The van der Waals surface area contributed by atoms with Crippen LogP contribution in [0.2, 0.25) is 0 Å². The minimum atomic E-state index is -0.0645. The smallest absolute Gasteiger partial charge is 0.0887 e. The van der Waals surface area contributed by atoms with Crippen LogP contribution in [-0.4, -0.2) is 23.8 Å². The molecule has 1 heterocycles. The molecule has 0 radical (unpaired) electrons. The first kappa shape index (κ1) is 17.0. The van der Waals surface area contributed by atoms with E-state index in [-0.39, 0.29) is 11.0 Å². The Morgan fingerprint density at radius 3 is 2.52 bits per heavy atom. The van der Waals surface area contributed by atoms with E-state index in [2.05, 4.69) is 77.9 Å². The third-order valence-corrected chi connectivity index (χ3v) is 6.38. The predicted molar refractivity (Wildman–Crippen MR) is 96.5 cm³/mol. The molecule has 1 aromatic carbocycles. The van der Waals surface area contributed by atoms with Gasteiger partial charge in [0.2, 0.25) is 0 Å². The number of fused-ring (bicyclic) bond motifs is 1. The first-order valence-corrected chi connectivity index (χ1v) is 9.16. The molecule has 128 valence electrons. The van der Waals surface area contributed by atoms with E-state index >= 15 is 0 Å². The van der Waals surface area contributed by atoms with E-state index in [1.54, 1.807) is 0 Å². The van der Waals surface area contributed by atoms with Gasteiger partial charge in [0.1, 0.15) is 0 Å². The van der Waals surface area contributed by atoms with Crippen LogP contribution < -0.4 is 0 Å². The van der Waals surface area contributed by atoms with Gasteiger partial charge < -0.3 is 0 Å². The monoisotopic (exact) mass is 315 g/mol. The molecule has 2 aliphatic rings. The minimum absolute atomic E-state index is 0.0645. The minimum Gasteiger partial charge on any atom is -0.293 e. The normalized spacial score (nSPS) is 37.1. The molecule has 0 spiro atoms. The van der Waals surface area contributed by atoms with E-state index in [0.717, 1.165) is 0 Å². The van der Waals surface area contributed by atoms with Crippen molar-refractivity contribution in [3.05, 3.63) is 35.4 Å². The van der Waals surface area contributed by atoms with E-state index in [9.17, 15) is 0 Å². The zero-order valence-corrected chi connectivity index (χ0v) is 15.9. The molecule has 1 aliphatic carbocycles. The lowest BCUT2D eigenvalue weighted by Crippen LogP contribution is -2.48. The van der Waals surface area contributed by atoms with Gasteiger partial charge in [0.05, 0.1) is 5.60 Å². The van der Waals surface area contributed by atoms with Crippen molar-refractivity contribution in [1.82, 2.24) is 5.06 Å². The lowest BCUT2D eigenvalue weighted by atomic mass is 9.59. The standard InChI is InChI=1S/C21H33NO/c1-14(2)16-9-8-10-17(11-16)21(6)12-15(3)19-18(13-21)20(4,5)23-22(19)7/h8-11,14-15,18-19H,12-13H2,1-7H3/t15-,18+,19+,21+/m0/s1. The fourth-order valence-corrected chi connectivity index (χ4v) is 5.19.